The van der Waals surface area contributed by atoms with Crippen molar-refractivity contribution in [2.75, 3.05) is 6.61 Å². The Bertz CT molecular complexity index is 619. The van der Waals surface area contributed by atoms with E-state index in [1.807, 2.05) is 25.1 Å². The molecule has 2 aromatic rings. The molecule has 2 rings (SSSR count). The fourth-order valence-electron chi connectivity index (χ4n) is 1.92. The summed E-state index contributed by atoms with van der Waals surface area (Å²) in [5, 5.41) is 0. The summed E-state index contributed by atoms with van der Waals surface area (Å²) in [6.45, 7) is 2.51. The van der Waals surface area contributed by atoms with Crippen molar-refractivity contribution >= 4 is 31.9 Å². The van der Waals surface area contributed by atoms with Crippen molar-refractivity contribution < 1.29 is 9.13 Å². The highest BCUT2D eigenvalue weighted by atomic mass is 79.9. The molecule has 0 radical (unpaired) electrons. The van der Waals surface area contributed by atoms with E-state index in [2.05, 4.69) is 31.9 Å². The van der Waals surface area contributed by atoms with Gasteiger partial charge in [-0.25, -0.2) is 4.39 Å². The van der Waals surface area contributed by atoms with Gasteiger partial charge in [0.25, 0.3) is 0 Å². The Morgan fingerprint density at radius 1 is 1.20 bits per heavy atom. The zero-order valence-electron chi connectivity index (χ0n) is 10.9. The van der Waals surface area contributed by atoms with E-state index in [1.54, 1.807) is 18.2 Å². The second-order valence-corrected chi connectivity index (χ2v) is 5.95. The van der Waals surface area contributed by atoms with Crippen molar-refractivity contribution in [2.24, 2.45) is 5.73 Å². The minimum atomic E-state index is -0.528. The van der Waals surface area contributed by atoms with Crippen LogP contribution >= 0.6 is 31.9 Å². The van der Waals surface area contributed by atoms with Gasteiger partial charge in [0.15, 0.2) is 0 Å². The second kappa shape index (κ2) is 6.70. The van der Waals surface area contributed by atoms with E-state index >= 15 is 0 Å². The average molecular weight is 403 g/mol. The Balaban J connectivity index is 2.36. The van der Waals surface area contributed by atoms with Gasteiger partial charge in [-0.3, -0.25) is 0 Å². The molecule has 5 heteroatoms. The third-order valence-corrected chi connectivity index (χ3v) is 4.16. The molecule has 0 aromatic heterocycles. The lowest BCUT2D eigenvalue weighted by Crippen LogP contribution is -2.14. The summed E-state index contributed by atoms with van der Waals surface area (Å²) < 4.78 is 20.7. The van der Waals surface area contributed by atoms with Gasteiger partial charge in [-0.2, -0.15) is 0 Å². The van der Waals surface area contributed by atoms with Crippen LogP contribution in [0.5, 0.6) is 5.75 Å². The largest absolute Gasteiger partial charge is 0.493 e. The molecule has 106 valence electrons. The van der Waals surface area contributed by atoms with Gasteiger partial charge in [0.05, 0.1) is 21.6 Å². The van der Waals surface area contributed by atoms with Crippen LogP contribution in [0.2, 0.25) is 0 Å². The fourth-order valence-corrected chi connectivity index (χ4v) is 2.82. The number of benzene rings is 2. The molecule has 0 amide bonds. The Hall–Kier alpha value is -0.910. The van der Waals surface area contributed by atoms with Crippen molar-refractivity contribution in [1.29, 1.82) is 0 Å². The van der Waals surface area contributed by atoms with Gasteiger partial charge >= 0.3 is 0 Å². The van der Waals surface area contributed by atoms with Gasteiger partial charge in [-0.15, -0.1) is 0 Å². The zero-order chi connectivity index (χ0) is 14.7. The molecule has 0 aliphatic heterocycles. The SMILES string of the molecule is CCOc1ccc(C(N)c2cccc(Br)c2F)cc1Br. The van der Waals surface area contributed by atoms with E-state index in [0.717, 1.165) is 15.8 Å². The summed E-state index contributed by atoms with van der Waals surface area (Å²) in [6, 6.07) is 10.1. The predicted octanol–water partition coefficient (Wildman–Crippen LogP) is 4.80. The van der Waals surface area contributed by atoms with Crippen molar-refractivity contribution in [3.63, 3.8) is 0 Å². The topological polar surface area (TPSA) is 35.2 Å². The molecule has 1 atom stereocenters. The van der Waals surface area contributed by atoms with Crippen LogP contribution in [0.15, 0.2) is 45.3 Å². The molecule has 0 fully saturated rings. The van der Waals surface area contributed by atoms with Crippen molar-refractivity contribution in [2.45, 2.75) is 13.0 Å². The van der Waals surface area contributed by atoms with Gasteiger partial charge in [-0.1, -0.05) is 18.2 Å². The molecule has 2 aromatic carbocycles. The quantitative estimate of drug-likeness (QED) is 0.797. The van der Waals surface area contributed by atoms with E-state index < -0.39 is 6.04 Å². The first-order valence-corrected chi connectivity index (χ1v) is 7.75. The van der Waals surface area contributed by atoms with Crippen LogP contribution in [0, 0.1) is 5.82 Å². The Kier molecular flexibility index (Phi) is 5.18. The zero-order valence-corrected chi connectivity index (χ0v) is 14.0. The number of ether oxygens (including phenoxy) is 1. The maximum Gasteiger partial charge on any atom is 0.142 e. The lowest BCUT2D eigenvalue weighted by molar-refractivity contribution is 0.338. The Morgan fingerprint density at radius 3 is 2.60 bits per heavy atom. The summed E-state index contributed by atoms with van der Waals surface area (Å²) in [5.74, 6) is 0.420. The van der Waals surface area contributed by atoms with Gasteiger partial charge in [0, 0.05) is 5.56 Å². The van der Waals surface area contributed by atoms with Gasteiger partial charge in [-0.05, 0) is 62.5 Å². The third-order valence-electron chi connectivity index (χ3n) is 2.93. The molecular weight excluding hydrogens is 389 g/mol. The predicted molar refractivity (Wildman–Crippen MR) is 85.4 cm³/mol. The number of rotatable bonds is 4. The molecule has 2 nitrogen and oxygen atoms in total. The molecule has 0 spiro atoms. The van der Waals surface area contributed by atoms with Crippen LogP contribution < -0.4 is 10.5 Å². The molecule has 0 saturated heterocycles. The highest BCUT2D eigenvalue weighted by molar-refractivity contribution is 9.10. The van der Waals surface area contributed by atoms with Crippen LogP contribution in [0.1, 0.15) is 24.1 Å². The monoisotopic (exact) mass is 401 g/mol. The maximum absolute atomic E-state index is 14.1. The van der Waals surface area contributed by atoms with Gasteiger partial charge < -0.3 is 10.5 Å². The van der Waals surface area contributed by atoms with Crippen LogP contribution in [-0.2, 0) is 0 Å². The minimum Gasteiger partial charge on any atom is -0.493 e. The highest BCUT2D eigenvalue weighted by Crippen LogP contribution is 2.31. The highest BCUT2D eigenvalue weighted by Gasteiger charge is 2.16. The number of hydrogen-bond acceptors (Lipinski definition) is 2. The smallest absolute Gasteiger partial charge is 0.142 e. The molecule has 0 heterocycles. The summed E-state index contributed by atoms with van der Waals surface area (Å²) in [6.07, 6.45) is 0. The molecule has 2 N–H and O–H groups in total. The van der Waals surface area contributed by atoms with E-state index in [-0.39, 0.29) is 5.82 Å². The average Bonchev–Trinajstić information content (AvgIpc) is 2.43. The molecule has 0 aliphatic carbocycles. The number of hydrogen-bond donors (Lipinski definition) is 1. The van der Waals surface area contributed by atoms with Crippen molar-refractivity contribution in [3.05, 3.63) is 62.3 Å². The van der Waals surface area contributed by atoms with Crippen molar-refractivity contribution in [3.8, 4) is 5.75 Å². The molecular formula is C15H14Br2FNO. The normalized spacial score (nSPS) is 12.2. The summed E-state index contributed by atoms with van der Waals surface area (Å²) >= 11 is 6.61. The summed E-state index contributed by atoms with van der Waals surface area (Å²) in [7, 11) is 0. The molecule has 1 unspecified atom stereocenters. The van der Waals surface area contributed by atoms with Crippen LogP contribution in [0.3, 0.4) is 0 Å². The Morgan fingerprint density at radius 2 is 1.95 bits per heavy atom. The van der Waals surface area contributed by atoms with E-state index in [9.17, 15) is 4.39 Å². The van der Waals surface area contributed by atoms with Gasteiger partial charge in [0.2, 0.25) is 0 Å². The summed E-state index contributed by atoms with van der Waals surface area (Å²) in [5.41, 5.74) is 7.43. The number of nitrogens with two attached hydrogens (primary N) is 1. The first kappa shape index (κ1) is 15.5. The molecule has 0 aliphatic rings. The van der Waals surface area contributed by atoms with Gasteiger partial charge in [0.1, 0.15) is 11.6 Å². The number of halogens is 3. The van der Waals surface area contributed by atoms with Crippen molar-refractivity contribution in [1.82, 2.24) is 0 Å². The Labute approximate surface area is 134 Å². The molecule has 0 saturated carbocycles. The third kappa shape index (κ3) is 3.22. The maximum atomic E-state index is 14.1. The first-order chi connectivity index (χ1) is 9.54. The molecule has 0 bridgehead atoms. The molecule has 20 heavy (non-hydrogen) atoms. The van der Waals surface area contributed by atoms with E-state index in [4.69, 9.17) is 10.5 Å². The summed E-state index contributed by atoms with van der Waals surface area (Å²) in [4.78, 5) is 0. The lowest BCUT2D eigenvalue weighted by atomic mass is 9.99. The lowest BCUT2D eigenvalue weighted by Gasteiger charge is -2.16. The second-order valence-electron chi connectivity index (χ2n) is 4.24. The fraction of sp³-hybridized carbons (Fsp3) is 0.200. The van der Waals surface area contributed by atoms with E-state index in [1.165, 1.54) is 0 Å². The van der Waals surface area contributed by atoms with Crippen LogP contribution in [0.4, 0.5) is 4.39 Å². The van der Waals surface area contributed by atoms with Crippen LogP contribution in [-0.4, -0.2) is 6.61 Å². The minimum absolute atomic E-state index is 0.329. The van der Waals surface area contributed by atoms with E-state index in [0.29, 0.717) is 16.6 Å². The van der Waals surface area contributed by atoms with Crippen LogP contribution in [0.25, 0.3) is 0 Å². The standard InChI is InChI=1S/C15H14Br2FNO/c1-2-20-13-7-6-9(8-12(13)17)15(19)10-4-3-5-11(16)14(10)18/h3-8,15H,2,19H2,1H3. The first-order valence-electron chi connectivity index (χ1n) is 6.16.